The molecule has 1 aromatic rings. The highest BCUT2D eigenvalue weighted by Crippen LogP contribution is 2.18. The van der Waals surface area contributed by atoms with Crippen LogP contribution in [0.4, 0.5) is 0 Å². The Morgan fingerprint density at radius 3 is 3.19 bits per heavy atom. The fourth-order valence-corrected chi connectivity index (χ4v) is 2.19. The molecule has 1 aliphatic rings. The van der Waals surface area contributed by atoms with Crippen molar-refractivity contribution in [3.8, 4) is 0 Å². The average molecular weight is 224 g/mol. The van der Waals surface area contributed by atoms with Crippen molar-refractivity contribution in [3.63, 3.8) is 0 Å². The molecular weight excluding hydrogens is 204 g/mol. The second kappa shape index (κ2) is 5.46. The number of hydrogen-bond acceptors (Lipinski definition) is 3. The number of rotatable bonds is 5. The van der Waals surface area contributed by atoms with Gasteiger partial charge in [0, 0.05) is 19.9 Å². The monoisotopic (exact) mass is 224 g/mol. The van der Waals surface area contributed by atoms with Gasteiger partial charge >= 0.3 is 0 Å². The summed E-state index contributed by atoms with van der Waals surface area (Å²) >= 11 is 0. The number of aromatic nitrogens is 2. The van der Waals surface area contributed by atoms with Gasteiger partial charge < -0.3 is 9.84 Å². The highest BCUT2D eigenvalue weighted by Gasteiger charge is 2.19. The third-order valence-corrected chi connectivity index (χ3v) is 3.08. The highest BCUT2D eigenvalue weighted by atomic mass is 16.5. The van der Waals surface area contributed by atoms with Gasteiger partial charge in [0.2, 0.25) is 0 Å². The topological polar surface area (TPSA) is 47.3 Å². The SMILES string of the molecule is Cn1cc(CCC(O)CC2CCCO2)cn1. The van der Waals surface area contributed by atoms with Crippen LogP contribution in [0.25, 0.3) is 0 Å². The van der Waals surface area contributed by atoms with Crippen molar-refractivity contribution in [2.24, 2.45) is 7.05 Å². The fraction of sp³-hybridized carbons (Fsp3) is 0.750. The van der Waals surface area contributed by atoms with Gasteiger partial charge in [-0.1, -0.05) is 0 Å². The zero-order valence-corrected chi connectivity index (χ0v) is 9.80. The Balaban J connectivity index is 1.68. The minimum absolute atomic E-state index is 0.247. The first-order chi connectivity index (χ1) is 7.74. The zero-order chi connectivity index (χ0) is 11.4. The van der Waals surface area contributed by atoms with Gasteiger partial charge in [-0.25, -0.2) is 0 Å². The fourth-order valence-electron chi connectivity index (χ4n) is 2.19. The number of nitrogens with zero attached hydrogens (tertiary/aromatic N) is 2. The molecule has 4 heteroatoms. The van der Waals surface area contributed by atoms with E-state index in [2.05, 4.69) is 5.10 Å². The van der Waals surface area contributed by atoms with E-state index < -0.39 is 0 Å². The van der Waals surface area contributed by atoms with E-state index in [1.807, 2.05) is 19.4 Å². The van der Waals surface area contributed by atoms with Crippen molar-refractivity contribution < 1.29 is 9.84 Å². The van der Waals surface area contributed by atoms with Crippen LogP contribution in [-0.4, -0.2) is 33.7 Å². The molecule has 2 heterocycles. The van der Waals surface area contributed by atoms with Crippen molar-refractivity contribution in [2.45, 2.75) is 44.3 Å². The van der Waals surface area contributed by atoms with Crippen molar-refractivity contribution in [2.75, 3.05) is 6.61 Å². The van der Waals surface area contributed by atoms with Crippen LogP contribution in [0.1, 0.15) is 31.2 Å². The van der Waals surface area contributed by atoms with E-state index in [9.17, 15) is 5.11 Å². The molecule has 90 valence electrons. The van der Waals surface area contributed by atoms with Crippen LogP contribution in [0, 0.1) is 0 Å². The van der Waals surface area contributed by atoms with E-state index in [4.69, 9.17) is 4.74 Å². The van der Waals surface area contributed by atoms with E-state index in [1.54, 1.807) is 4.68 Å². The third kappa shape index (κ3) is 3.32. The van der Waals surface area contributed by atoms with Gasteiger partial charge in [-0.2, -0.15) is 5.10 Å². The van der Waals surface area contributed by atoms with Crippen LogP contribution in [0.15, 0.2) is 12.4 Å². The Morgan fingerprint density at radius 2 is 2.56 bits per heavy atom. The van der Waals surface area contributed by atoms with E-state index in [0.717, 1.165) is 38.7 Å². The zero-order valence-electron chi connectivity index (χ0n) is 9.80. The maximum atomic E-state index is 9.87. The molecule has 0 saturated carbocycles. The molecule has 0 bridgehead atoms. The third-order valence-electron chi connectivity index (χ3n) is 3.08. The number of aliphatic hydroxyl groups excluding tert-OH is 1. The molecule has 0 amide bonds. The van der Waals surface area contributed by atoms with Gasteiger partial charge in [0.05, 0.1) is 18.4 Å². The summed E-state index contributed by atoms with van der Waals surface area (Å²) in [6, 6.07) is 0. The van der Waals surface area contributed by atoms with Gasteiger partial charge in [0.15, 0.2) is 0 Å². The first-order valence-electron chi connectivity index (χ1n) is 6.01. The predicted octanol–water partition coefficient (Wildman–Crippen LogP) is 1.28. The van der Waals surface area contributed by atoms with Crippen LogP contribution in [-0.2, 0) is 18.2 Å². The van der Waals surface area contributed by atoms with E-state index in [0.29, 0.717) is 0 Å². The summed E-state index contributed by atoms with van der Waals surface area (Å²) in [5.74, 6) is 0. The summed E-state index contributed by atoms with van der Waals surface area (Å²) in [6.45, 7) is 0.861. The van der Waals surface area contributed by atoms with E-state index in [1.165, 1.54) is 5.56 Å². The second-order valence-electron chi connectivity index (χ2n) is 4.59. The minimum atomic E-state index is -0.247. The largest absolute Gasteiger partial charge is 0.393 e. The molecule has 16 heavy (non-hydrogen) atoms. The van der Waals surface area contributed by atoms with E-state index >= 15 is 0 Å². The molecule has 2 unspecified atom stereocenters. The summed E-state index contributed by atoms with van der Waals surface area (Å²) in [7, 11) is 1.91. The van der Waals surface area contributed by atoms with Crippen molar-refractivity contribution in [1.82, 2.24) is 9.78 Å². The smallest absolute Gasteiger partial charge is 0.0600 e. The molecule has 0 aromatic carbocycles. The molecule has 0 radical (unpaired) electrons. The maximum Gasteiger partial charge on any atom is 0.0600 e. The van der Waals surface area contributed by atoms with Gasteiger partial charge in [-0.3, -0.25) is 4.68 Å². The Labute approximate surface area is 96.2 Å². The molecule has 4 nitrogen and oxygen atoms in total. The van der Waals surface area contributed by atoms with Crippen molar-refractivity contribution >= 4 is 0 Å². The summed E-state index contributed by atoms with van der Waals surface area (Å²) < 4.78 is 7.30. The van der Waals surface area contributed by atoms with Gasteiger partial charge in [0.1, 0.15) is 0 Å². The average Bonchev–Trinajstić information content (AvgIpc) is 2.87. The first-order valence-corrected chi connectivity index (χ1v) is 6.01. The summed E-state index contributed by atoms with van der Waals surface area (Å²) in [5.41, 5.74) is 1.19. The number of ether oxygens (including phenoxy) is 1. The predicted molar refractivity (Wildman–Crippen MR) is 61.1 cm³/mol. The Kier molecular flexibility index (Phi) is 3.96. The normalized spacial score (nSPS) is 22.5. The van der Waals surface area contributed by atoms with Crippen LogP contribution in [0.3, 0.4) is 0 Å². The second-order valence-corrected chi connectivity index (χ2v) is 4.59. The van der Waals surface area contributed by atoms with Gasteiger partial charge in [-0.05, 0) is 37.7 Å². The lowest BCUT2D eigenvalue weighted by Gasteiger charge is -2.14. The number of hydrogen-bond donors (Lipinski definition) is 1. The lowest BCUT2D eigenvalue weighted by atomic mass is 10.0. The van der Waals surface area contributed by atoms with Gasteiger partial charge in [-0.15, -0.1) is 0 Å². The molecule has 1 N–H and O–H groups in total. The molecule has 1 aromatic heterocycles. The van der Waals surface area contributed by atoms with Crippen LogP contribution >= 0.6 is 0 Å². The lowest BCUT2D eigenvalue weighted by Crippen LogP contribution is -2.17. The van der Waals surface area contributed by atoms with Crippen LogP contribution in [0.5, 0.6) is 0 Å². The molecule has 0 aliphatic carbocycles. The Bertz CT molecular complexity index is 319. The quantitative estimate of drug-likeness (QED) is 0.819. The number of aliphatic hydroxyl groups is 1. The number of aryl methyl sites for hydroxylation is 2. The van der Waals surface area contributed by atoms with Crippen molar-refractivity contribution in [3.05, 3.63) is 18.0 Å². The highest BCUT2D eigenvalue weighted by molar-refractivity contribution is 5.03. The maximum absolute atomic E-state index is 9.87. The molecule has 2 rings (SSSR count). The lowest BCUT2D eigenvalue weighted by molar-refractivity contribution is 0.0508. The summed E-state index contributed by atoms with van der Waals surface area (Å²) in [6.07, 6.45) is 8.60. The molecule has 0 spiro atoms. The minimum Gasteiger partial charge on any atom is -0.393 e. The van der Waals surface area contributed by atoms with Crippen LogP contribution in [0.2, 0.25) is 0 Å². The molecule has 1 aliphatic heterocycles. The van der Waals surface area contributed by atoms with Crippen molar-refractivity contribution in [1.29, 1.82) is 0 Å². The summed E-state index contributed by atoms with van der Waals surface area (Å²) in [4.78, 5) is 0. The Morgan fingerprint density at radius 1 is 1.69 bits per heavy atom. The standard InChI is InChI=1S/C12H20N2O2/c1-14-9-10(8-13-14)4-5-11(15)7-12-3-2-6-16-12/h8-9,11-12,15H,2-7H2,1H3. The van der Waals surface area contributed by atoms with E-state index in [-0.39, 0.29) is 12.2 Å². The molecule has 2 atom stereocenters. The van der Waals surface area contributed by atoms with Gasteiger partial charge in [0.25, 0.3) is 0 Å². The summed E-state index contributed by atoms with van der Waals surface area (Å²) in [5, 5.41) is 14.0. The Hall–Kier alpha value is -0.870. The molecule has 1 saturated heterocycles. The molecular formula is C12H20N2O2. The first kappa shape index (κ1) is 11.6. The van der Waals surface area contributed by atoms with Crippen LogP contribution < -0.4 is 0 Å². The molecule has 1 fully saturated rings.